The maximum absolute atomic E-state index is 12.1. The first-order valence-electron chi connectivity index (χ1n) is 9.90. The molecule has 0 unspecified atom stereocenters. The quantitative estimate of drug-likeness (QED) is 0.777. The predicted octanol–water partition coefficient (Wildman–Crippen LogP) is 3.71. The molecule has 2 atom stereocenters. The van der Waals surface area contributed by atoms with E-state index < -0.39 is 0 Å². The van der Waals surface area contributed by atoms with Gasteiger partial charge in [-0.05, 0) is 74.2 Å². The number of anilines is 2. The van der Waals surface area contributed by atoms with Crippen molar-refractivity contribution < 1.29 is 23.8 Å². The molecular formula is C22H24N2O5. The summed E-state index contributed by atoms with van der Waals surface area (Å²) >= 11 is 0. The fourth-order valence-corrected chi connectivity index (χ4v) is 3.36. The van der Waals surface area contributed by atoms with Crippen molar-refractivity contribution in [3.63, 3.8) is 0 Å². The first-order valence-corrected chi connectivity index (χ1v) is 9.90. The van der Waals surface area contributed by atoms with Crippen molar-refractivity contribution in [1.82, 2.24) is 0 Å². The molecule has 7 heteroatoms. The van der Waals surface area contributed by atoms with E-state index in [-0.39, 0.29) is 24.0 Å². The number of benzene rings is 2. The van der Waals surface area contributed by atoms with Crippen LogP contribution in [0, 0.1) is 0 Å². The van der Waals surface area contributed by atoms with Gasteiger partial charge in [0, 0.05) is 24.6 Å². The van der Waals surface area contributed by atoms with E-state index in [1.165, 1.54) is 0 Å². The van der Waals surface area contributed by atoms with Crippen LogP contribution in [0.25, 0.3) is 0 Å². The number of amides is 2. The summed E-state index contributed by atoms with van der Waals surface area (Å²) in [6, 6.07) is 14.3. The van der Waals surface area contributed by atoms with E-state index in [2.05, 4.69) is 10.6 Å². The second-order valence-electron chi connectivity index (χ2n) is 7.13. The largest absolute Gasteiger partial charge is 0.457 e. The molecule has 7 nitrogen and oxygen atoms in total. The highest BCUT2D eigenvalue weighted by molar-refractivity contribution is 5.94. The predicted molar refractivity (Wildman–Crippen MR) is 108 cm³/mol. The number of hydrogen-bond acceptors (Lipinski definition) is 5. The summed E-state index contributed by atoms with van der Waals surface area (Å²) in [7, 11) is 0. The van der Waals surface area contributed by atoms with Gasteiger partial charge in [-0.3, -0.25) is 9.59 Å². The van der Waals surface area contributed by atoms with Crippen molar-refractivity contribution in [3.05, 3.63) is 48.5 Å². The Kier molecular flexibility index (Phi) is 6.07. The lowest BCUT2D eigenvalue weighted by molar-refractivity contribution is -0.125. The van der Waals surface area contributed by atoms with Gasteiger partial charge in [0.15, 0.2) is 0 Å². The van der Waals surface area contributed by atoms with E-state index in [1.54, 1.807) is 48.5 Å². The van der Waals surface area contributed by atoms with E-state index in [0.29, 0.717) is 36.1 Å². The molecule has 2 aromatic carbocycles. The highest BCUT2D eigenvalue weighted by Gasteiger charge is 2.24. The van der Waals surface area contributed by atoms with Crippen LogP contribution in [0.15, 0.2) is 48.5 Å². The molecule has 0 saturated carbocycles. The Morgan fingerprint density at radius 2 is 1.14 bits per heavy atom. The number of rotatable bonds is 6. The van der Waals surface area contributed by atoms with Crippen molar-refractivity contribution in [2.75, 3.05) is 23.8 Å². The molecule has 29 heavy (non-hydrogen) atoms. The highest BCUT2D eigenvalue weighted by Crippen LogP contribution is 2.25. The molecule has 2 fully saturated rings. The summed E-state index contributed by atoms with van der Waals surface area (Å²) in [6.45, 7) is 1.28. The van der Waals surface area contributed by atoms with Crippen molar-refractivity contribution in [3.8, 4) is 11.5 Å². The molecule has 0 bridgehead atoms. The second kappa shape index (κ2) is 9.07. The zero-order chi connectivity index (χ0) is 20.1. The maximum atomic E-state index is 12.1. The summed E-state index contributed by atoms with van der Waals surface area (Å²) in [5.74, 6) is 1.07. The molecule has 2 aliphatic rings. The van der Waals surface area contributed by atoms with Gasteiger partial charge in [-0.1, -0.05) is 0 Å². The van der Waals surface area contributed by atoms with Crippen molar-refractivity contribution in [2.45, 2.75) is 37.9 Å². The molecule has 152 valence electrons. The molecule has 2 aliphatic heterocycles. The molecule has 0 aliphatic carbocycles. The zero-order valence-corrected chi connectivity index (χ0v) is 16.1. The van der Waals surface area contributed by atoms with Gasteiger partial charge in [-0.2, -0.15) is 0 Å². The molecule has 4 rings (SSSR count). The lowest BCUT2D eigenvalue weighted by atomic mass is 10.2. The third-order valence-electron chi connectivity index (χ3n) is 4.92. The van der Waals surface area contributed by atoms with Gasteiger partial charge in [0.05, 0.1) is 0 Å². The van der Waals surface area contributed by atoms with E-state index in [1.807, 2.05) is 0 Å². The Morgan fingerprint density at radius 3 is 1.48 bits per heavy atom. The third kappa shape index (κ3) is 5.13. The number of carbonyl (C=O) groups is 2. The van der Waals surface area contributed by atoms with Crippen LogP contribution in [0.2, 0.25) is 0 Å². The van der Waals surface area contributed by atoms with E-state index in [9.17, 15) is 9.59 Å². The number of nitrogens with one attached hydrogen (secondary N) is 2. The normalized spacial score (nSPS) is 21.0. The molecule has 0 aromatic heterocycles. The summed E-state index contributed by atoms with van der Waals surface area (Å²) in [5.41, 5.74) is 1.40. The molecule has 0 spiro atoms. The minimum atomic E-state index is -0.356. The fraction of sp³-hybridized carbons (Fsp3) is 0.364. The van der Waals surface area contributed by atoms with Gasteiger partial charge >= 0.3 is 0 Å². The Hall–Kier alpha value is -2.90. The molecule has 2 saturated heterocycles. The Morgan fingerprint density at radius 1 is 0.724 bits per heavy atom. The second-order valence-corrected chi connectivity index (χ2v) is 7.13. The highest BCUT2D eigenvalue weighted by atomic mass is 16.5. The summed E-state index contributed by atoms with van der Waals surface area (Å²) in [6.07, 6.45) is 2.65. The fourth-order valence-electron chi connectivity index (χ4n) is 3.36. The third-order valence-corrected chi connectivity index (χ3v) is 4.92. The van der Waals surface area contributed by atoms with Crippen molar-refractivity contribution >= 4 is 23.2 Å². The smallest absolute Gasteiger partial charge is 0.253 e. The van der Waals surface area contributed by atoms with Crippen molar-refractivity contribution in [1.29, 1.82) is 0 Å². The molecule has 2 aromatic rings. The molecule has 0 radical (unpaired) electrons. The van der Waals surface area contributed by atoms with Crippen LogP contribution < -0.4 is 15.4 Å². The van der Waals surface area contributed by atoms with Gasteiger partial charge in [0.25, 0.3) is 11.8 Å². The summed E-state index contributed by atoms with van der Waals surface area (Å²) in [5, 5.41) is 5.71. The summed E-state index contributed by atoms with van der Waals surface area (Å²) < 4.78 is 16.6. The topological polar surface area (TPSA) is 85.9 Å². The lowest BCUT2D eigenvalue weighted by Crippen LogP contribution is -2.26. The summed E-state index contributed by atoms with van der Waals surface area (Å²) in [4.78, 5) is 24.2. The van der Waals surface area contributed by atoms with E-state index in [4.69, 9.17) is 14.2 Å². The average Bonchev–Trinajstić information content (AvgIpc) is 3.45. The van der Waals surface area contributed by atoms with Gasteiger partial charge in [-0.15, -0.1) is 0 Å². The SMILES string of the molecule is O=C(Nc1ccc(Oc2ccc(NC(=O)[C@H]3CCCO3)cc2)cc1)[C@H]1CCCO1. The van der Waals surface area contributed by atoms with Crippen LogP contribution in [-0.2, 0) is 19.1 Å². The molecule has 2 amide bonds. The van der Waals surface area contributed by atoms with Crippen LogP contribution in [0.3, 0.4) is 0 Å². The minimum absolute atomic E-state index is 0.114. The number of hydrogen-bond donors (Lipinski definition) is 2. The van der Waals surface area contributed by atoms with Gasteiger partial charge < -0.3 is 24.8 Å². The van der Waals surface area contributed by atoms with Gasteiger partial charge in [-0.25, -0.2) is 0 Å². The van der Waals surface area contributed by atoms with Crippen LogP contribution in [0.5, 0.6) is 11.5 Å². The Labute approximate surface area is 169 Å². The lowest BCUT2D eigenvalue weighted by Gasteiger charge is -2.12. The first-order chi connectivity index (χ1) is 14.2. The average molecular weight is 396 g/mol. The number of ether oxygens (including phenoxy) is 3. The molecular weight excluding hydrogens is 372 g/mol. The monoisotopic (exact) mass is 396 g/mol. The van der Waals surface area contributed by atoms with E-state index >= 15 is 0 Å². The van der Waals surface area contributed by atoms with Gasteiger partial charge in [0.1, 0.15) is 23.7 Å². The standard InChI is InChI=1S/C22H24N2O5/c25-21(19-3-1-13-27-19)23-15-5-9-17(10-6-15)29-18-11-7-16(8-12-18)24-22(26)20-4-2-14-28-20/h5-12,19-20H,1-4,13-14H2,(H,23,25)(H,24,26)/t19-,20-/m1/s1. The van der Waals surface area contributed by atoms with Crippen LogP contribution in [0.4, 0.5) is 11.4 Å². The Bertz CT molecular complexity index is 767. The number of carbonyl (C=O) groups excluding carboxylic acids is 2. The minimum Gasteiger partial charge on any atom is -0.457 e. The van der Waals surface area contributed by atoms with Crippen molar-refractivity contribution in [2.24, 2.45) is 0 Å². The maximum Gasteiger partial charge on any atom is 0.253 e. The molecule has 2 heterocycles. The van der Waals surface area contributed by atoms with Gasteiger partial charge in [0.2, 0.25) is 0 Å². The van der Waals surface area contributed by atoms with Crippen LogP contribution >= 0.6 is 0 Å². The zero-order valence-electron chi connectivity index (χ0n) is 16.1. The van der Waals surface area contributed by atoms with Crippen LogP contribution in [0.1, 0.15) is 25.7 Å². The van der Waals surface area contributed by atoms with E-state index in [0.717, 1.165) is 25.7 Å². The molecule has 2 N–H and O–H groups in total. The first kappa shape index (κ1) is 19.4. The van der Waals surface area contributed by atoms with Crippen LogP contribution in [-0.4, -0.2) is 37.2 Å². The Balaban J connectivity index is 1.29.